The Labute approximate surface area is 109 Å². The number of rotatable bonds is 2. The molecular weight excluding hydrogens is 228 g/mol. The molecule has 2 atom stereocenters. The second kappa shape index (κ2) is 4.52. The van der Waals surface area contributed by atoms with E-state index in [2.05, 4.69) is 6.92 Å². The largest absolute Gasteiger partial charge is 0.460 e. The Bertz CT molecular complexity index is 335. The average Bonchev–Trinajstić information content (AvgIpc) is 2.98. The summed E-state index contributed by atoms with van der Waals surface area (Å²) in [5, 5.41) is 0. The van der Waals surface area contributed by atoms with Gasteiger partial charge in [0.25, 0.3) is 0 Å². The van der Waals surface area contributed by atoms with Crippen LogP contribution in [0.3, 0.4) is 0 Å². The molecule has 2 aliphatic carbocycles. The second-order valence-electron chi connectivity index (χ2n) is 6.39. The zero-order chi connectivity index (χ0) is 12.6. The van der Waals surface area contributed by atoms with Crippen LogP contribution in [-0.4, -0.2) is 23.3 Å². The van der Waals surface area contributed by atoms with Crippen LogP contribution < -0.4 is 0 Å². The monoisotopic (exact) mass is 252 g/mol. The molecule has 0 aromatic heterocycles. The first-order chi connectivity index (χ1) is 8.66. The Kier molecular flexibility index (Phi) is 3.13. The summed E-state index contributed by atoms with van der Waals surface area (Å²) in [6, 6.07) is 0. The van der Waals surface area contributed by atoms with Crippen molar-refractivity contribution in [2.75, 3.05) is 0 Å². The first-order valence-electron chi connectivity index (χ1n) is 7.58. The summed E-state index contributed by atoms with van der Waals surface area (Å²) in [7, 11) is 0. The predicted molar refractivity (Wildman–Crippen MR) is 68.3 cm³/mol. The van der Waals surface area contributed by atoms with Crippen molar-refractivity contribution in [1.82, 2.24) is 0 Å². The second-order valence-corrected chi connectivity index (χ2v) is 6.39. The molecule has 3 fully saturated rings. The fraction of sp³-hybridized carbons (Fsp3) is 0.933. The molecule has 1 saturated heterocycles. The Morgan fingerprint density at radius 2 is 1.72 bits per heavy atom. The summed E-state index contributed by atoms with van der Waals surface area (Å²) in [5.74, 6) is -0.0706. The summed E-state index contributed by atoms with van der Waals surface area (Å²) >= 11 is 0. The van der Waals surface area contributed by atoms with Crippen molar-refractivity contribution in [2.45, 2.75) is 88.4 Å². The van der Waals surface area contributed by atoms with Gasteiger partial charge in [0.1, 0.15) is 11.7 Å². The van der Waals surface area contributed by atoms with Crippen LogP contribution in [-0.2, 0) is 14.3 Å². The third-order valence-electron chi connectivity index (χ3n) is 5.05. The molecule has 0 N–H and O–H groups in total. The fourth-order valence-electron chi connectivity index (χ4n) is 3.73. The molecular formula is C15H24O3. The molecule has 102 valence electrons. The van der Waals surface area contributed by atoms with Gasteiger partial charge in [0.05, 0.1) is 0 Å². The summed E-state index contributed by atoms with van der Waals surface area (Å²) in [6.45, 7) is 2.08. The van der Waals surface area contributed by atoms with Crippen LogP contribution in [0.25, 0.3) is 0 Å². The zero-order valence-electron chi connectivity index (χ0n) is 11.4. The van der Waals surface area contributed by atoms with Crippen molar-refractivity contribution in [3.63, 3.8) is 0 Å². The van der Waals surface area contributed by atoms with Crippen LogP contribution in [0.2, 0.25) is 0 Å². The minimum Gasteiger partial charge on any atom is -0.460 e. The van der Waals surface area contributed by atoms with E-state index in [4.69, 9.17) is 9.47 Å². The van der Waals surface area contributed by atoms with Crippen LogP contribution >= 0.6 is 0 Å². The number of ether oxygens (including phenoxy) is 2. The van der Waals surface area contributed by atoms with Crippen molar-refractivity contribution >= 4 is 5.97 Å². The fourth-order valence-corrected chi connectivity index (χ4v) is 3.73. The topological polar surface area (TPSA) is 38.8 Å². The van der Waals surface area contributed by atoms with Crippen molar-refractivity contribution in [3.8, 4) is 0 Å². The van der Waals surface area contributed by atoms with Gasteiger partial charge in [0.2, 0.25) is 0 Å². The van der Waals surface area contributed by atoms with Crippen molar-refractivity contribution < 1.29 is 14.3 Å². The van der Waals surface area contributed by atoms with Crippen molar-refractivity contribution in [2.24, 2.45) is 0 Å². The highest BCUT2D eigenvalue weighted by Gasteiger charge is 2.72. The van der Waals surface area contributed by atoms with E-state index in [-0.39, 0.29) is 17.7 Å². The maximum absolute atomic E-state index is 12.4. The highest BCUT2D eigenvalue weighted by Crippen LogP contribution is 2.56. The van der Waals surface area contributed by atoms with Crippen molar-refractivity contribution in [3.05, 3.63) is 0 Å². The first-order valence-corrected chi connectivity index (χ1v) is 7.58. The van der Waals surface area contributed by atoms with Crippen LogP contribution in [0.4, 0.5) is 0 Å². The summed E-state index contributed by atoms with van der Waals surface area (Å²) in [6.07, 6.45) is 11.3. The summed E-state index contributed by atoms with van der Waals surface area (Å²) in [5.41, 5.74) is -0.809. The molecule has 3 aliphatic rings. The molecule has 2 unspecified atom stereocenters. The molecule has 3 rings (SSSR count). The van der Waals surface area contributed by atoms with Gasteiger partial charge in [-0.2, -0.15) is 0 Å². The first kappa shape index (κ1) is 12.5. The minimum absolute atomic E-state index is 0.0706. The molecule has 0 radical (unpaired) electrons. The van der Waals surface area contributed by atoms with Crippen LogP contribution in [0.15, 0.2) is 0 Å². The molecule has 3 heteroatoms. The maximum atomic E-state index is 12.4. The van der Waals surface area contributed by atoms with E-state index >= 15 is 0 Å². The van der Waals surface area contributed by atoms with Gasteiger partial charge in [-0.25, -0.2) is 4.79 Å². The van der Waals surface area contributed by atoms with Gasteiger partial charge in [0.15, 0.2) is 5.60 Å². The van der Waals surface area contributed by atoms with Gasteiger partial charge in [-0.05, 0) is 51.9 Å². The standard InChI is InChI=1S/C15H24O3/c1-14-10-6-3-7-11-15(14,18-14)13(16)17-12-8-4-2-5-9-12/h12H,2-11H2,1H3. The van der Waals surface area contributed by atoms with E-state index in [1.165, 1.54) is 32.1 Å². The van der Waals surface area contributed by atoms with E-state index in [1.807, 2.05) is 0 Å². The molecule has 0 bridgehead atoms. The Hall–Kier alpha value is -0.570. The normalized spacial score (nSPS) is 40.7. The molecule has 2 saturated carbocycles. The molecule has 3 nitrogen and oxygen atoms in total. The zero-order valence-corrected chi connectivity index (χ0v) is 11.4. The summed E-state index contributed by atoms with van der Waals surface area (Å²) in [4.78, 5) is 12.4. The Morgan fingerprint density at radius 1 is 1.06 bits per heavy atom. The quantitative estimate of drug-likeness (QED) is 0.559. The molecule has 0 aromatic carbocycles. The van der Waals surface area contributed by atoms with E-state index in [0.29, 0.717) is 0 Å². The molecule has 0 aromatic rings. The number of epoxide rings is 1. The molecule has 18 heavy (non-hydrogen) atoms. The predicted octanol–water partition coefficient (Wildman–Crippen LogP) is 3.35. The maximum Gasteiger partial charge on any atom is 0.341 e. The number of hydrogen-bond acceptors (Lipinski definition) is 3. The minimum atomic E-state index is -0.582. The lowest BCUT2D eigenvalue weighted by atomic mass is 9.89. The third kappa shape index (κ3) is 1.97. The number of carbonyl (C=O) groups excluding carboxylic acids is 1. The van der Waals surface area contributed by atoms with Crippen LogP contribution in [0.1, 0.15) is 71.1 Å². The smallest absolute Gasteiger partial charge is 0.341 e. The number of fused-ring (bicyclic) bond motifs is 1. The Morgan fingerprint density at radius 3 is 2.50 bits per heavy atom. The third-order valence-corrected chi connectivity index (χ3v) is 5.05. The number of esters is 1. The molecule has 1 aliphatic heterocycles. The lowest BCUT2D eigenvalue weighted by Gasteiger charge is -2.24. The Balaban J connectivity index is 1.64. The van der Waals surface area contributed by atoms with Gasteiger partial charge in [-0.3, -0.25) is 0 Å². The van der Waals surface area contributed by atoms with E-state index in [9.17, 15) is 4.79 Å². The van der Waals surface area contributed by atoms with Crippen molar-refractivity contribution in [1.29, 1.82) is 0 Å². The van der Waals surface area contributed by atoms with Gasteiger partial charge in [-0.15, -0.1) is 0 Å². The van der Waals surface area contributed by atoms with Gasteiger partial charge < -0.3 is 9.47 Å². The lowest BCUT2D eigenvalue weighted by molar-refractivity contribution is -0.157. The summed E-state index contributed by atoms with van der Waals surface area (Å²) < 4.78 is 11.6. The molecule has 0 amide bonds. The average molecular weight is 252 g/mol. The number of carbonyl (C=O) groups is 1. The van der Waals surface area contributed by atoms with Crippen LogP contribution in [0.5, 0.6) is 0 Å². The highest BCUT2D eigenvalue weighted by molar-refractivity contribution is 5.85. The van der Waals surface area contributed by atoms with E-state index in [0.717, 1.165) is 32.1 Å². The van der Waals surface area contributed by atoms with Gasteiger partial charge in [-0.1, -0.05) is 19.3 Å². The van der Waals surface area contributed by atoms with Gasteiger partial charge in [0, 0.05) is 0 Å². The van der Waals surface area contributed by atoms with E-state index in [1.54, 1.807) is 0 Å². The lowest BCUT2D eigenvalue weighted by Crippen LogP contribution is -2.36. The number of hydrogen-bond donors (Lipinski definition) is 0. The van der Waals surface area contributed by atoms with E-state index < -0.39 is 5.60 Å². The van der Waals surface area contributed by atoms with Crippen LogP contribution in [0, 0.1) is 0 Å². The molecule has 1 heterocycles. The van der Waals surface area contributed by atoms with Gasteiger partial charge >= 0.3 is 5.97 Å². The molecule has 0 spiro atoms. The highest BCUT2D eigenvalue weighted by atomic mass is 16.7. The SMILES string of the molecule is CC12CCCCCC1(C(=O)OC1CCCCC1)O2.